The highest BCUT2D eigenvalue weighted by molar-refractivity contribution is 7.92. The van der Waals surface area contributed by atoms with Crippen LogP contribution in [0.4, 0.5) is 15.8 Å². The van der Waals surface area contributed by atoms with Gasteiger partial charge in [0.1, 0.15) is 11.9 Å². The number of halogens is 2. The number of carbonyl (C=O) groups excluding carboxylic acids is 1. The number of carbonyl (C=O) groups is 1. The monoisotopic (exact) mass is 384 g/mol. The average Bonchev–Trinajstić information content (AvgIpc) is 2.51. The Morgan fingerprint density at radius 3 is 2.32 bits per heavy atom. The Morgan fingerprint density at radius 1 is 1.20 bits per heavy atom. The standard InChI is InChI=1S/C17H18ClFN2O3S/c1-11-4-7-14(10-16(11)18)20-17(22)12(2)21(25(3,23)24)15-8-5-13(19)6-9-15/h4-10,12H,1-3H3,(H,20,22). The molecule has 5 nitrogen and oxygen atoms in total. The van der Waals surface area contributed by atoms with Gasteiger partial charge >= 0.3 is 0 Å². The largest absolute Gasteiger partial charge is 0.324 e. The number of amides is 1. The maximum Gasteiger partial charge on any atom is 0.247 e. The van der Waals surface area contributed by atoms with Crippen molar-refractivity contribution in [1.29, 1.82) is 0 Å². The Bertz CT molecular complexity index is 885. The average molecular weight is 385 g/mol. The molecule has 0 heterocycles. The van der Waals surface area contributed by atoms with Crippen LogP contribution in [0.15, 0.2) is 42.5 Å². The molecule has 0 saturated carbocycles. The van der Waals surface area contributed by atoms with E-state index in [1.807, 2.05) is 6.92 Å². The van der Waals surface area contributed by atoms with Crippen molar-refractivity contribution in [3.63, 3.8) is 0 Å². The Kier molecular flexibility index (Phi) is 5.69. The van der Waals surface area contributed by atoms with E-state index in [4.69, 9.17) is 11.6 Å². The minimum atomic E-state index is -3.76. The van der Waals surface area contributed by atoms with E-state index in [2.05, 4.69) is 5.32 Å². The van der Waals surface area contributed by atoms with Gasteiger partial charge in [0.25, 0.3) is 0 Å². The first-order chi connectivity index (χ1) is 11.6. The van der Waals surface area contributed by atoms with Crippen molar-refractivity contribution in [1.82, 2.24) is 0 Å². The summed E-state index contributed by atoms with van der Waals surface area (Å²) in [5.74, 6) is -1.03. The summed E-state index contributed by atoms with van der Waals surface area (Å²) in [6, 6.07) is 8.86. The molecule has 0 saturated heterocycles. The van der Waals surface area contributed by atoms with Crippen LogP contribution in [0.5, 0.6) is 0 Å². The maximum atomic E-state index is 13.1. The summed E-state index contributed by atoms with van der Waals surface area (Å²) in [5.41, 5.74) is 1.52. The minimum Gasteiger partial charge on any atom is -0.324 e. The molecule has 25 heavy (non-hydrogen) atoms. The summed E-state index contributed by atoms with van der Waals surface area (Å²) in [6.07, 6.45) is 0.989. The second-order valence-corrected chi connectivity index (χ2v) is 7.93. The highest BCUT2D eigenvalue weighted by Crippen LogP contribution is 2.23. The summed E-state index contributed by atoms with van der Waals surface area (Å²) < 4.78 is 38.3. The predicted octanol–water partition coefficient (Wildman–Crippen LogP) is 3.58. The molecule has 2 aromatic carbocycles. The molecule has 0 aliphatic rings. The predicted molar refractivity (Wildman–Crippen MR) is 98.0 cm³/mol. The van der Waals surface area contributed by atoms with Crippen LogP contribution in [-0.4, -0.2) is 26.6 Å². The van der Waals surface area contributed by atoms with Crippen molar-refractivity contribution < 1.29 is 17.6 Å². The van der Waals surface area contributed by atoms with E-state index in [1.165, 1.54) is 19.1 Å². The third kappa shape index (κ3) is 4.70. The molecule has 134 valence electrons. The van der Waals surface area contributed by atoms with Crippen molar-refractivity contribution in [2.24, 2.45) is 0 Å². The molecule has 1 atom stereocenters. The van der Waals surface area contributed by atoms with E-state index in [-0.39, 0.29) is 5.69 Å². The molecule has 0 spiro atoms. The zero-order valence-corrected chi connectivity index (χ0v) is 15.5. The molecule has 1 unspecified atom stereocenters. The summed E-state index contributed by atoms with van der Waals surface area (Å²) in [5, 5.41) is 3.13. The van der Waals surface area contributed by atoms with E-state index in [9.17, 15) is 17.6 Å². The number of hydrogen-bond donors (Lipinski definition) is 1. The van der Waals surface area contributed by atoms with Crippen LogP contribution in [0.2, 0.25) is 5.02 Å². The molecule has 0 aliphatic heterocycles. The highest BCUT2D eigenvalue weighted by atomic mass is 35.5. The minimum absolute atomic E-state index is 0.202. The van der Waals surface area contributed by atoms with Crippen LogP contribution in [0.1, 0.15) is 12.5 Å². The number of rotatable bonds is 5. The quantitative estimate of drug-likeness (QED) is 0.856. The van der Waals surface area contributed by atoms with E-state index in [1.54, 1.807) is 18.2 Å². The Hall–Kier alpha value is -2.12. The number of aryl methyl sites for hydroxylation is 1. The van der Waals surface area contributed by atoms with Gasteiger partial charge < -0.3 is 5.32 Å². The fourth-order valence-electron chi connectivity index (χ4n) is 2.31. The van der Waals surface area contributed by atoms with Crippen LogP contribution < -0.4 is 9.62 Å². The molecular formula is C17H18ClFN2O3S. The number of anilines is 2. The Balaban J connectivity index is 2.29. The molecule has 2 aromatic rings. The van der Waals surface area contributed by atoms with Crippen LogP contribution in [-0.2, 0) is 14.8 Å². The summed E-state index contributed by atoms with van der Waals surface area (Å²) in [7, 11) is -3.76. The van der Waals surface area contributed by atoms with Crippen molar-refractivity contribution >= 4 is 38.9 Å². The molecule has 0 aromatic heterocycles. The summed E-state index contributed by atoms with van der Waals surface area (Å²) in [6.45, 7) is 3.28. The molecule has 0 bridgehead atoms. The van der Waals surface area contributed by atoms with Crippen LogP contribution >= 0.6 is 11.6 Å². The van der Waals surface area contributed by atoms with E-state index in [0.29, 0.717) is 10.7 Å². The number of nitrogens with zero attached hydrogens (tertiary/aromatic N) is 1. The van der Waals surface area contributed by atoms with Crippen molar-refractivity contribution in [3.05, 3.63) is 58.9 Å². The topological polar surface area (TPSA) is 66.5 Å². The molecule has 0 radical (unpaired) electrons. The normalized spacial score (nSPS) is 12.5. The molecule has 8 heteroatoms. The Labute approximate surface area is 151 Å². The second-order valence-electron chi connectivity index (χ2n) is 5.66. The van der Waals surface area contributed by atoms with Crippen molar-refractivity contribution in [2.45, 2.75) is 19.9 Å². The first-order valence-corrected chi connectivity index (χ1v) is 9.64. The molecule has 0 aliphatic carbocycles. The zero-order valence-electron chi connectivity index (χ0n) is 14.0. The smallest absolute Gasteiger partial charge is 0.247 e. The lowest BCUT2D eigenvalue weighted by atomic mass is 10.2. The Morgan fingerprint density at radius 2 is 1.80 bits per heavy atom. The van der Waals surface area contributed by atoms with Gasteiger partial charge in [0.05, 0.1) is 11.9 Å². The van der Waals surface area contributed by atoms with E-state index in [0.717, 1.165) is 28.3 Å². The molecule has 1 amide bonds. The van der Waals surface area contributed by atoms with Gasteiger partial charge in [-0.25, -0.2) is 12.8 Å². The van der Waals surface area contributed by atoms with Crippen molar-refractivity contribution in [3.8, 4) is 0 Å². The van der Waals surface area contributed by atoms with Crippen LogP contribution in [0, 0.1) is 12.7 Å². The lowest BCUT2D eigenvalue weighted by Crippen LogP contribution is -2.45. The van der Waals surface area contributed by atoms with Gasteiger partial charge in [0, 0.05) is 10.7 Å². The lowest BCUT2D eigenvalue weighted by molar-refractivity contribution is -0.116. The zero-order chi connectivity index (χ0) is 18.8. The molecule has 1 N–H and O–H groups in total. The lowest BCUT2D eigenvalue weighted by Gasteiger charge is -2.28. The number of sulfonamides is 1. The van der Waals surface area contributed by atoms with Crippen molar-refractivity contribution in [2.75, 3.05) is 15.9 Å². The van der Waals surface area contributed by atoms with E-state index < -0.39 is 27.8 Å². The van der Waals surface area contributed by atoms with Crippen LogP contribution in [0.25, 0.3) is 0 Å². The summed E-state index contributed by atoms with van der Waals surface area (Å²) >= 11 is 6.03. The third-order valence-corrected chi connectivity index (χ3v) is 5.26. The molecule has 0 fully saturated rings. The SMILES string of the molecule is Cc1ccc(NC(=O)C(C)N(c2ccc(F)cc2)S(C)(=O)=O)cc1Cl. The number of benzene rings is 2. The van der Waals surface area contributed by atoms with E-state index >= 15 is 0 Å². The van der Waals surface area contributed by atoms with Gasteiger partial charge in [-0.1, -0.05) is 17.7 Å². The van der Waals surface area contributed by atoms with Gasteiger partial charge in [0.2, 0.25) is 15.9 Å². The number of nitrogens with one attached hydrogen (secondary N) is 1. The third-order valence-electron chi connectivity index (χ3n) is 3.61. The summed E-state index contributed by atoms with van der Waals surface area (Å²) in [4.78, 5) is 12.5. The van der Waals surface area contributed by atoms with Gasteiger partial charge in [-0.15, -0.1) is 0 Å². The van der Waals surface area contributed by atoms with Gasteiger partial charge in [0.15, 0.2) is 0 Å². The fourth-order valence-corrected chi connectivity index (χ4v) is 3.67. The van der Waals surface area contributed by atoms with Crippen LogP contribution in [0.3, 0.4) is 0 Å². The molecule has 2 rings (SSSR count). The number of hydrogen-bond acceptors (Lipinski definition) is 3. The second kappa shape index (κ2) is 7.41. The fraction of sp³-hybridized carbons (Fsp3) is 0.235. The van der Waals surface area contributed by atoms with Gasteiger partial charge in [-0.05, 0) is 55.8 Å². The molecular weight excluding hydrogens is 367 g/mol. The highest BCUT2D eigenvalue weighted by Gasteiger charge is 2.29. The first kappa shape index (κ1) is 19.2. The maximum absolute atomic E-state index is 13.1. The van der Waals surface area contributed by atoms with Gasteiger partial charge in [-0.3, -0.25) is 9.10 Å². The van der Waals surface area contributed by atoms with Gasteiger partial charge in [-0.2, -0.15) is 0 Å². The first-order valence-electron chi connectivity index (χ1n) is 7.41.